The highest BCUT2D eigenvalue weighted by Gasteiger charge is 2.14. The van der Waals surface area contributed by atoms with Crippen LogP contribution in [-0.4, -0.2) is 25.2 Å². The summed E-state index contributed by atoms with van der Waals surface area (Å²) >= 11 is 0. The minimum atomic E-state index is -2.78. The maximum absolute atomic E-state index is 13.3. The standard InChI is InChI=1S/C21H16FN3O3S/c1-24(29(27)28)17-6-4-5-14(13-17)20-18-7-2-3-8-19(18)21(26)25(23-20)16-11-9-15(22)10-12-16/h2-13,29H,1H3. The van der Waals surface area contributed by atoms with E-state index in [0.29, 0.717) is 33.4 Å². The minimum absolute atomic E-state index is 0.327. The lowest BCUT2D eigenvalue weighted by Gasteiger charge is -2.14. The second kappa shape index (κ2) is 7.48. The SMILES string of the molecule is CN(c1cccc(-c2nn(-c3ccc(F)cc3)c(=O)c3ccccc23)c1)[SH](=O)=O. The van der Waals surface area contributed by atoms with Gasteiger partial charge in [0.15, 0.2) is 0 Å². The van der Waals surface area contributed by atoms with Gasteiger partial charge in [-0.2, -0.15) is 9.78 Å². The van der Waals surface area contributed by atoms with E-state index in [1.807, 2.05) is 0 Å². The molecule has 0 spiro atoms. The maximum Gasteiger partial charge on any atom is 0.279 e. The first-order chi connectivity index (χ1) is 14.0. The smallest absolute Gasteiger partial charge is 0.275 e. The summed E-state index contributed by atoms with van der Waals surface area (Å²) in [6, 6.07) is 19.4. The molecule has 0 saturated carbocycles. The van der Waals surface area contributed by atoms with E-state index >= 15 is 0 Å². The van der Waals surface area contributed by atoms with Crippen molar-refractivity contribution in [3.05, 3.63) is 89.0 Å². The van der Waals surface area contributed by atoms with Crippen LogP contribution < -0.4 is 9.86 Å². The highest BCUT2D eigenvalue weighted by Crippen LogP contribution is 2.28. The van der Waals surface area contributed by atoms with Crippen molar-refractivity contribution in [2.45, 2.75) is 0 Å². The van der Waals surface area contributed by atoms with Gasteiger partial charge >= 0.3 is 0 Å². The molecule has 1 aromatic heterocycles. The van der Waals surface area contributed by atoms with E-state index in [4.69, 9.17) is 0 Å². The van der Waals surface area contributed by atoms with Crippen LogP contribution in [0.4, 0.5) is 10.1 Å². The summed E-state index contributed by atoms with van der Waals surface area (Å²) in [7, 11) is -1.33. The fourth-order valence-corrected chi connectivity index (χ4v) is 3.42. The van der Waals surface area contributed by atoms with Crippen molar-refractivity contribution in [2.75, 3.05) is 11.4 Å². The van der Waals surface area contributed by atoms with E-state index in [2.05, 4.69) is 5.10 Å². The summed E-state index contributed by atoms with van der Waals surface area (Å²) < 4.78 is 38.4. The van der Waals surface area contributed by atoms with Crippen molar-refractivity contribution in [3.8, 4) is 16.9 Å². The van der Waals surface area contributed by atoms with Crippen LogP contribution in [0.3, 0.4) is 0 Å². The molecule has 0 atom stereocenters. The van der Waals surface area contributed by atoms with Crippen molar-refractivity contribution in [1.82, 2.24) is 9.78 Å². The molecule has 0 N–H and O–H groups in total. The van der Waals surface area contributed by atoms with Crippen LogP contribution in [0.25, 0.3) is 27.7 Å². The zero-order chi connectivity index (χ0) is 20.5. The Hall–Kier alpha value is -3.52. The van der Waals surface area contributed by atoms with Gasteiger partial charge in [-0.1, -0.05) is 30.3 Å². The number of aromatic nitrogens is 2. The second-order valence-corrected chi connectivity index (χ2v) is 7.48. The second-order valence-electron chi connectivity index (χ2n) is 6.40. The molecule has 6 nitrogen and oxygen atoms in total. The van der Waals surface area contributed by atoms with E-state index in [1.54, 1.807) is 48.5 Å². The molecular formula is C21H16FN3O3S. The molecule has 4 aromatic rings. The third kappa shape index (κ3) is 3.50. The van der Waals surface area contributed by atoms with Crippen LogP contribution >= 0.6 is 0 Å². The molecule has 0 radical (unpaired) electrons. The summed E-state index contributed by atoms with van der Waals surface area (Å²) in [6.45, 7) is 0. The highest BCUT2D eigenvalue weighted by atomic mass is 32.2. The van der Waals surface area contributed by atoms with Crippen molar-refractivity contribution < 1.29 is 12.8 Å². The van der Waals surface area contributed by atoms with E-state index in [1.165, 1.54) is 36.0 Å². The lowest BCUT2D eigenvalue weighted by atomic mass is 10.0. The third-order valence-corrected chi connectivity index (χ3v) is 5.34. The topological polar surface area (TPSA) is 72.3 Å². The average Bonchev–Trinajstić information content (AvgIpc) is 2.74. The Bertz CT molecular complexity index is 1340. The Morgan fingerprint density at radius 1 is 0.931 bits per heavy atom. The molecule has 0 bridgehead atoms. The van der Waals surface area contributed by atoms with Crippen LogP contribution in [0.2, 0.25) is 0 Å². The largest absolute Gasteiger partial charge is 0.279 e. The normalized spacial score (nSPS) is 11.1. The van der Waals surface area contributed by atoms with Gasteiger partial charge in [0, 0.05) is 18.0 Å². The number of benzene rings is 3. The van der Waals surface area contributed by atoms with Crippen molar-refractivity contribution >= 4 is 27.4 Å². The Kier molecular flexibility index (Phi) is 4.85. The van der Waals surface area contributed by atoms with Gasteiger partial charge in [0.1, 0.15) is 5.82 Å². The Morgan fingerprint density at radius 2 is 1.62 bits per heavy atom. The Morgan fingerprint density at radius 3 is 2.31 bits per heavy atom. The quantitative estimate of drug-likeness (QED) is 0.526. The number of nitrogens with zero attached hydrogens (tertiary/aromatic N) is 3. The average molecular weight is 409 g/mol. The fourth-order valence-electron chi connectivity index (χ4n) is 3.11. The molecule has 3 aromatic carbocycles. The zero-order valence-electron chi connectivity index (χ0n) is 15.3. The molecular weight excluding hydrogens is 393 g/mol. The zero-order valence-corrected chi connectivity index (χ0v) is 16.2. The first-order valence-electron chi connectivity index (χ1n) is 8.72. The molecule has 0 aliphatic rings. The fraction of sp³-hybridized carbons (Fsp3) is 0.0476. The van der Waals surface area contributed by atoms with Crippen LogP contribution in [-0.2, 0) is 10.9 Å². The first kappa shape index (κ1) is 18.8. The summed E-state index contributed by atoms with van der Waals surface area (Å²) in [6.07, 6.45) is 0. The molecule has 0 fully saturated rings. The van der Waals surface area contributed by atoms with Gasteiger partial charge in [-0.05, 0) is 42.5 Å². The van der Waals surface area contributed by atoms with E-state index in [-0.39, 0.29) is 5.56 Å². The lowest BCUT2D eigenvalue weighted by molar-refractivity contribution is 0.613. The van der Waals surface area contributed by atoms with Gasteiger partial charge in [-0.25, -0.2) is 12.8 Å². The van der Waals surface area contributed by atoms with Crippen LogP contribution in [0.5, 0.6) is 0 Å². The van der Waals surface area contributed by atoms with Gasteiger partial charge in [-0.3, -0.25) is 9.10 Å². The molecule has 146 valence electrons. The molecule has 0 saturated heterocycles. The molecule has 1 heterocycles. The van der Waals surface area contributed by atoms with Crippen molar-refractivity contribution in [1.29, 1.82) is 0 Å². The minimum Gasteiger partial charge on any atom is -0.275 e. The van der Waals surface area contributed by atoms with Crippen LogP contribution in [0.15, 0.2) is 77.6 Å². The van der Waals surface area contributed by atoms with E-state index < -0.39 is 16.7 Å². The van der Waals surface area contributed by atoms with E-state index in [9.17, 15) is 17.6 Å². The predicted octanol–water partition coefficient (Wildman–Crippen LogP) is 3.15. The Balaban J connectivity index is 2.00. The number of fused-ring (bicyclic) bond motifs is 1. The number of hydrogen-bond donors (Lipinski definition) is 1. The molecule has 4 rings (SSSR count). The monoisotopic (exact) mass is 409 g/mol. The third-order valence-electron chi connectivity index (χ3n) is 4.61. The number of hydrogen-bond acceptors (Lipinski definition) is 4. The summed E-state index contributed by atoms with van der Waals surface area (Å²) in [4.78, 5) is 13.0. The van der Waals surface area contributed by atoms with Crippen LogP contribution in [0.1, 0.15) is 0 Å². The molecule has 0 aliphatic heterocycles. The molecule has 29 heavy (non-hydrogen) atoms. The predicted molar refractivity (Wildman–Crippen MR) is 111 cm³/mol. The Labute approximate surface area is 167 Å². The summed E-state index contributed by atoms with van der Waals surface area (Å²) in [5.74, 6) is -0.412. The molecule has 0 aliphatic carbocycles. The highest BCUT2D eigenvalue weighted by molar-refractivity contribution is 7.74. The lowest BCUT2D eigenvalue weighted by Crippen LogP contribution is -2.22. The van der Waals surface area contributed by atoms with Gasteiger partial charge < -0.3 is 0 Å². The summed E-state index contributed by atoms with van der Waals surface area (Å²) in [5, 5.41) is 5.62. The van der Waals surface area contributed by atoms with Gasteiger partial charge in [-0.15, -0.1) is 0 Å². The number of halogens is 1. The van der Waals surface area contributed by atoms with E-state index in [0.717, 1.165) is 4.31 Å². The van der Waals surface area contributed by atoms with Gasteiger partial charge in [0.05, 0.1) is 22.5 Å². The molecule has 0 amide bonds. The van der Waals surface area contributed by atoms with Crippen LogP contribution in [0, 0.1) is 5.82 Å². The molecule has 8 heteroatoms. The maximum atomic E-state index is 13.3. The summed E-state index contributed by atoms with van der Waals surface area (Å²) in [5.41, 5.74) is 1.74. The number of rotatable bonds is 4. The van der Waals surface area contributed by atoms with Crippen molar-refractivity contribution in [2.24, 2.45) is 0 Å². The first-order valence-corrected chi connectivity index (χ1v) is 9.85. The molecule has 0 unspecified atom stereocenters. The van der Waals surface area contributed by atoms with Gasteiger partial charge in [0.2, 0.25) is 10.9 Å². The number of anilines is 1. The van der Waals surface area contributed by atoms with Crippen molar-refractivity contribution in [3.63, 3.8) is 0 Å². The van der Waals surface area contributed by atoms with Gasteiger partial charge in [0.25, 0.3) is 5.56 Å². The number of thiol groups is 1.